The molecule has 0 saturated heterocycles. The molecule has 3 rings (SSSR count). The molecule has 5 heteroatoms. The average Bonchev–Trinajstić information content (AvgIpc) is 3.07. The van der Waals surface area contributed by atoms with Crippen LogP contribution in [-0.2, 0) is 12.8 Å². The number of nitrogens with zero attached hydrogens (tertiary/aromatic N) is 2. The molecule has 1 heterocycles. The largest absolute Gasteiger partial charge is 0.372 e. The summed E-state index contributed by atoms with van der Waals surface area (Å²) < 4.78 is 0. The van der Waals surface area contributed by atoms with Crippen LogP contribution in [0.2, 0.25) is 0 Å². The zero-order valence-corrected chi connectivity index (χ0v) is 16.6. The monoisotopic (exact) mass is 369 g/mol. The molecule has 1 aromatic carbocycles. The SMILES string of the molecule is CCN(CC)c1ccc(/C=N\NC(=O)c2cc3c(s2)CC[C@H](C)C3)cc1. The van der Waals surface area contributed by atoms with Crippen LogP contribution in [0.5, 0.6) is 0 Å². The van der Waals surface area contributed by atoms with E-state index in [-0.39, 0.29) is 5.91 Å². The molecule has 1 aliphatic rings. The van der Waals surface area contributed by atoms with Crippen LogP contribution in [0, 0.1) is 5.92 Å². The molecule has 0 radical (unpaired) electrons. The maximum atomic E-state index is 12.3. The number of nitrogens with one attached hydrogen (secondary N) is 1. The fourth-order valence-electron chi connectivity index (χ4n) is 3.40. The second-order valence-corrected chi connectivity index (χ2v) is 8.01. The minimum absolute atomic E-state index is 0.118. The van der Waals surface area contributed by atoms with Crippen molar-refractivity contribution in [3.63, 3.8) is 0 Å². The molecule has 0 fully saturated rings. The minimum atomic E-state index is -0.118. The molecule has 1 amide bonds. The number of benzene rings is 1. The molecule has 1 N–H and O–H groups in total. The van der Waals surface area contributed by atoms with Gasteiger partial charge in [-0.25, -0.2) is 5.43 Å². The van der Waals surface area contributed by atoms with E-state index in [2.05, 4.69) is 48.3 Å². The van der Waals surface area contributed by atoms with Gasteiger partial charge < -0.3 is 4.90 Å². The van der Waals surface area contributed by atoms with Gasteiger partial charge in [-0.2, -0.15) is 5.10 Å². The van der Waals surface area contributed by atoms with Crippen molar-refractivity contribution >= 4 is 29.1 Å². The molecular weight excluding hydrogens is 342 g/mol. The smallest absolute Gasteiger partial charge is 0.281 e. The first-order chi connectivity index (χ1) is 12.6. The molecule has 0 spiro atoms. The highest BCUT2D eigenvalue weighted by Gasteiger charge is 2.20. The zero-order chi connectivity index (χ0) is 18.5. The van der Waals surface area contributed by atoms with Crippen LogP contribution in [0.4, 0.5) is 5.69 Å². The Morgan fingerprint density at radius 1 is 1.31 bits per heavy atom. The number of carbonyl (C=O) groups is 1. The van der Waals surface area contributed by atoms with E-state index < -0.39 is 0 Å². The van der Waals surface area contributed by atoms with E-state index in [0.29, 0.717) is 5.92 Å². The van der Waals surface area contributed by atoms with Gasteiger partial charge in [0.1, 0.15) is 0 Å². The summed E-state index contributed by atoms with van der Waals surface area (Å²) >= 11 is 1.61. The highest BCUT2D eigenvalue weighted by molar-refractivity contribution is 7.14. The summed E-state index contributed by atoms with van der Waals surface area (Å²) in [5.74, 6) is 0.596. The number of fused-ring (bicyclic) bond motifs is 1. The summed E-state index contributed by atoms with van der Waals surface area (Å²) in [6.45, 7) is 8.55. The third-order valence-corrected chi connectivity index (χ3v) is 6.19. The topological polar surface area (TPSA) is 44.7 Å². The third kappa shape index (κ3) is 4.33. The lowest BCUT2D eigenvalue weighted by atomic mass is 9.90. The van der Waals surface area contributed by atoms with Gasteiger partial charge in [-0.05, 0) is 68.4 Å². The maximum Gasteiger partial charge on any atom is 0.281 e. The fourth-order valence-corrected chi connectivity index (χ4v) is 4.50. The van der Waals surface area contributed by atoms with E-state index in [4.69, 9.17) is 0 Å². The van der Waals surface area contributed by atoms with Gasteiger partial charge in [0, 0.05) is 23.7 Å². The standard InChI is InChI=1S/C21H27N3OS/c1-4-24(5-2)18-9-7-16(8-10-18)14-22-23-21(25)20-13-17-12-15(3)6-11-19(17)26-20/h7-10,13-15H,4-6,11-12H2,1-3H3,(H,23,25)/b22-14-/t15-/m0/s1. The van der Waals surface area contributed by atoms with Gasteiger partial charge in [0.2, 0.25) is 0 Å². The van der Waals surface area contributed by atoms with E-state index in [1.54, 1.807) is 17.6 Å². The highest BCUT2D eigenvalue weighted by atomic mass is 32.1. The van der Waals surface area contributed by atoms with Crippen molar-refractivity contribution < 1.29 is 4.79 Å². The Kier molecular flexibility index (Phi) is 6.09. The van der Waals surface area contributed by atoms with Gasteiger partial charge >= 0.3 is 0 Å². The van der Waals surface area contributed by atoms with Gasteiger partial charge in [-0.3, -0.25) is 4.79 Å². The Balaban J connectivity index is 1.59. The molecule has 0 unspecified atom stereocenters. The average molecular weight is 370 g/mol. The van der Waals surface area contributed by atoms with Crippen molar-refractivity contribution in [2.45, 2.75) is 40.0 Å². The van der Waals surface area contributed by atoms with E-state index in [0.717, 1.165) is 36.4 Å². The molecule has 0 aliphatic heterocycles. The van der Waals surface area contributed by atoms with Crippen LogP contribution in [0.3, 0.4) is 0 Å². The van der Waals surface area contributed by atoms with Gasteiger partial charge in [0.15, 0.2) is 0 Å². The lowest BCUT2D eigenvalue weighted by Gasteiger charge is -2.20. The molecule has 0 bridgehead atoms. The Morgan fingerprint density at radius 3 is 2.73 bits per heavy atom. The van der Waals surface area contributed by atoms with Crippen molar-refractivity contribution in [2.24, 2.45) is 11.0 Å². The summed E-state index contributed by atoms with van der Waals surface area (Å²) in [4.78, 5) is 16.8. The predicted octanol–water partition coefficient (Wildman–Crippen LogP) is 4.48. The lowest BCUT2D eigenvalue weighted by Crippen LogP contribution is -2.21. The minimum Gasteiger partial charge on any atom is -0.372 e. The van der Waals surface area contributed by atoms with Crippen LogP contribution in [0.1, 0.15) is 52.9 Å². The van der Waals surface area contributed by atoms with Gasteiger partial charge in [0.05, 0.1) is 11.1 Å². The van der Waals surface area contributed by atoms with Gasteiger partial charge in [0.25, 0.3) is 5.91 Å². The van der Waals surface area contributed by atoms with Crippen LogP contribution in [0.25, 0.3) is 0 Å². The Hall–Kier alpha value is -2.14. The number of thiophene rings is 1. The number of aryl methyl sites for hydroxylation is 1. The van der Waals surface area contributed by atoms with Gasteiger partial charge in [-0.1, -0.05) is 19.1 Å². The van der Waals surface area contributed by atoms with E-state index in [1.807, 2.05) is 18.2 Å². The van der Waals surface area contributed by atoms with Crippen molar-refractivity contribution in [3.8, 4) is 0 Å². The van der Waals surface area contributed by atoms with Crippen LogP contribution in [-0.4, -0.2) is 25.2 Å². The highest BCUT2D eigenvalue weighted by Crippen LogP contribution is 2.32. The molecule has 4 nitrogen and oxygen atoms in total. The number of rotatable bonds is 6. The summed E-state index contributed by atoms with van der Waals surface area (Å²) in [5, 5.41) is 4.12. The van der Waals surface area contributed by atoms with Crippen molar-refractivity contribution in [1.29, 1.82) is 0 Å². The molecule has 138 valence electrons. The number of amides is 1. The number of hydrazone groups is 1. The second kappa shape index (κ2) is 8.49. The van der Waals surface area contributed by atoms with Gasteiger partial charge in [-0.15, -0.1) is 11.3 Å². The fraction of sp³-hybridized carbons (Fsp3) is 0.429. The first-order valence-corrected chi connectivity index (χ1v) is 10.2. The normalized spacial score (nSPS) is 16.5. The van der Waals surface area contributed by atoms with Crippen molar-refractivity contribution in [2.75, 3.05) is 18.0 Å². The summed E-state index contributed by atoms with van der Waals surface area (Å²) in [6.07, 6.45) is 5.09. The molecule has 2 aromatic rings. The Labute approximate surface area is 159 Å². The number of anilines is 1. The molecule has 1 aromatic heterocycles. The first kappa shape index (κ1) is 18.6. The quantitative estimate of drug-likeness (QED) is 0.602. The Bertz CT molecular complexity index is 775. The zero-order valence-electron chi connectivity index (χ0n) is 15.8. The van der Waals surface area contributed by atoms with Crippen LogP contribution in [0.15, 0.2) is 35.4 Å². The van der Waals surface area contributed by atoms with Crippen LogP contribution < -0.4 is 10.3 Å². The van der Waals surface area contributed by atoms with E-state index in [9.17, 15) is 4.79 Å². The second-order valence-electron chi connectivity index (χ2n) is 6.87. The Morgan fingerprint density at radius 2 is 2.04 bits per heavy atom. The van der Waals surface area contributed by atoms with E-state index >= 15 is 0 Å². The van der Waals surface area contributed by atoms with Crippen LogP contribution >= 0.6 is 11.3 Å². The summed E-state index contributed by atoms with van der Waals surface area (Å²) in [5.41, 5.74) is 6.18. The lowest BCUT2D eigenvalue weighted by molar-refractivity contribution is 0.0959. The molecule has 26 heavy (non-hydrogen) atoms. The maximum absolute atomic E-state index is 12.3. The molecule has 1 aliphatic carbocycles. The van der Waals surface area contributed by atoms with Crippen molar-refractivity contribution in [1.82, 2.24) is 5.43 Å². The van der Waals surface area contributed by atoms with Crippen molar-refractivity contribution in [3.05, 3.63) is 51.2 Å². The predicted molar refractivity (Wildman–Crippen MR) is 111 cm³/mol. The molecular formula is C21H27N3OS. The summed E-state index contributed by atoms with van der Waals surface area (Å²) in [6, 6.07) is 10.3. The number of hydrogen-bond donors (Lipinski definition) is 1. The number of hydrogen-bond acceptors (Lipinski definition) is 4. The molecule has 1 atom stereocenters. The first-order valence-electron chi connectivity index (χ1n) is 9.40. The summed E-state index contributed by atoms with van der Waals surface area (Å²) in [7, 11) is 0. The van der Waals surface area contributed by atoms with E-state index in [1.165, 1.54) is 22.5 Å². The third-order valence-electron chi connectivity index (χ3n) is 4.95. The number of carbonyl (C=O) groups excluding carboxylic acids is 1. The molecule has 0 saturated carbocycles.